The first-order chi connectivity index (χ1) is 15.3. The van der Waals surface area contributed by atoms with Gasteiger partial charge in [0.15, 0.2) is 0 Å². The number of rotatable bonds is 3. The van der Waals surface area contributed by atoms with Crippen LogP contribution in [0.1, 0.15) is 29.0 Å². The van der Waals surface area contributed by atoms with Gasteiger partial charge in [-0.1, -0.05) is 41.9 Å². The third-order valence-electron chi connectivity index (χ3n) is 6.89. The van der Waals surface area contributed by atoms with Gasteiger partial charge in [-0.2, -0.15) is 0 Å². The molecule has 0 aromatic heterocycles. The molecule has 0 bridgehead atoms. The lowest BCUT2D eigenvalue weighted by Gasteiger charge is -2.42. The van der Waals surface area contributed by atoms with Gasteiger partial charge >= 0.3 is 6.09 Å². The highest BCUT2D eigenvalue weighted by Gasteiger charge is 2.40. The minimum atomic E-state index is -0.952. The Labute approximate surface area is 194 Å². The van der Waals surface area contributed by atoms with Gasteiger partial charge in [-0.15, -0.1) is 0 Å². The molecule has 0 unspecified atom stereocenters. The molecule has 1 N–H and O–H groups in total. The molecular weight excluding hydrogens is 426 g/mol. The summed E-state index contributed by atoms with van der Waals surface area (Å²) in [7, 11) is 0. The van der Waals surface area contributed by atoms with Crippen LogP contribution >= 0.6 is 11.6 Å². The van der Waals surface area contributed by atoms with Gasteiger partial charge < -0.3 is 19.8 Å². The molecule has 2 fully saturated rings. The number of benzene rings is 2. The van der Waals surface area contributed by atoms with Crippen LogP contribution in [-0.4, -0.2) is 66.2 Å². The van der Waals surface area contributed by atoms with E-state index < -0.39 is 6.09 Å². The Hall–Kier alpha value is -2.73. The van der Waals surface area contributed by atoms with Crippen LogP contribution in [0.5, 0.6) is 0 Å². The number of carbonyl (C=O) groups excluding carboxylic acids is 1. The summed E-state index contributed by atoms with van der Waals surface area (Å²) in [5.41, 5.74) is 4.58. The first kappa shape index (κ1) is 22.5. The molecule has 2 aliphatic rings. The Morgan fingerprint density at radius 2 is 1.66 bits per heavy atom. The maximum absolute atomic E-state index is 13.6. The zero-order chi connectivity index (χ0) is 22.8. The molecule has 2 atom stereocenters. The van der Waals surface area contributed by atoms with Crippen LogP contribution in [0.25, 0.3) is 0 Å². The summed E-state index contributed by atoms with van der Waals surface area (Å²) in [6.45, 7) is 7.55. The van der Waals surface area contributed by atoms with E-state index in [1.165, 1.54) is 4.90 Å². The van der Waals surface area contributed by atoms with Gasteiger partial charge in [0, 0.05) is 50.0 Å². The summed E-state index contributed by atoms with van der Waals surface area (Å²) in [4.78, 5) is 30.9. The Kier molecular flexibility index (Phi) is 6.60. The van der Waals surface area contributed by atoms with E-state index in [-0.39, 0.29) is 24.3 Å². The van der Waals surface area contributed by atoms with Gasteiger partial charge in [0.1, 0.15) is 0 Å². The third kappa shape index (κ3) is 4.56. The Bertz CT molecular complexity index is 1000. The predicted molar refractivity (Wildman–Crippen MR) is 127 cm³/mol. The van der Waals surface area contributed by atoms with E-state index in [2.05, 4.69) is 30.9 Å². The number of hydrogen-bond acceptors (Lipinski definition) is 3. The third-order valence-corrected chi connectivity index (χ3v) is 7.13. The molecule has 32 heavy (non-hydrogen) atoms. The highest BCUT2D eigenvalue weighted by atomic mass is 35.5. The summed E-state index contributed by atoms with van der Waals surface area (Å²) in [5.74, 6) is -0.264. The number of nitrogens with zero attached hydrogens (tertiary/aromatic N) is 3. The second kappa shape index (κ2) is 9.41. The monoisotopic (exact) mass is 455 g/mol. The van der Waals surface area contributed by atoms with Crippen LogP contribution in [0.4, 0.5) is 10.5 Å². The number of anilines is 1. The van der Waals surface area contributed by atoms with Crippen LogP contribution in [0.3, 0.4) is 0 Å². The normalized spacial score (nSPS) is 21.5. The first-order valence-electron chi connectivity index (χ1n) is 11.2. The molecule has 0 saturated carbocycles. The zero-order valence-electron chi connectivity index (χ0n) is 18.6. The largest absolute Gasteiger partial charge is 0.465 e. The van der Waals surface area contributed by atoms with Gasteiger partial charge in [0.25, 0.3) is 0 Å². The van der Waals surface area contributed by atoms with Crippen LogP contribution in [-0.2, 0) is 4.79 Å². The Balaban J connectivity index is 1.51. The van der Waals surface area contributed by atoms with Crippen molar-refractivity contribution in [1.82, 2.24) is 9.80 Å². The van der Waals surface area contributed by atoms with E-state index in [1.54, 1.807) is 0 Å². The molecule has 7 heteroatoms. The van der Waals surface area contributed by atoms with Gasteiger partial charge in [0.2, 0.25) is 5.91 Å². The number of carboxylic acid groups (broad SMARTS) is 1. The number of likely N-dealkylation sites (tertiary alicyclic amines) is 1. The maximum atomic E-state index is 13.6. The average molecular weight is 456 g/mol. The van der Waals surface area contributed by atoms with E-state index in [9.17, 15) is 14.7 Å². The standard InChI is InChI=1S/C25H30ClN3O3/c1-17-5-3-4-6-20(17)21-9-10-29(25(31)32)16-22(21)24(30)28-13-11-27(12-14-28)23-15-19(26)8-7-18(23)2/h3-8,15,21-22H,9-14,16H2,1-2H3,(H,31,32)/t21-,22-/m1/s1. The lowest BCUT2D eigenvalue weighted by Crippen LogP contribution is -2.54. The summed E-state index contributed by atoms with van der Waals surface area (Å²) < 4.78 is 0. The molecule has 2 aliphatic heterocycles. The highest BCUT2D eigenvalue weighted by Crippen LogP contribution is 2.36. The number of hydrogen-bond donors (Lipinski definition) is 1. The molecule has 2 aromatic rings. The molecular formula is C25H30ClN3O3. The maximum Gasteiger partial charge on any atom is 0.407 e. The number of piperidine rings is 1. The highest BCUT2D eigenvalue weighted by molar-refractivity contribution is 6.30. The molecule has 2 amide bonds. The van der Waals surface area contributed by atoms with Crippen LogP contribution in [0, 0.1) is 19.8 Å². The van der Waals surface area contributed by atoms with Gasteiger partial charge in [-0.05, 0) is 55.0 Å². The van der Waals surface area contributed by atoms with E-state index in [0.29, 0.717) is 31.1 Å². The minimum Gasteiger partial charge on any atom is -0.465 e. The van der Waals surface area contributed by atoms with Crippen molar-refractivity contribution in [2.45, 2.75) is 26.2 Å². The quantitative estimate of drug-likeness (QED) is 0.745. The van der Waals surface area contributed by atoms with E-state index in [0.717, 1.165) is 35.5 Å². The number of carbonyl (C=O) groups is 2. The van der Waals surface area contributed by atoms with Gasteiger partial charge in [-0.25, -0.2) is 4.79 Å². The fourth-order valence-electron chi connectivity index (χ4n) is 5.08. The summed E-state index contributed by atoms with van der Waals surface area (Å²) in [6, 6.07) is 14.0. The second-order valence-electron chi connectivity index (χ2n) is 8.83. The molecule has 6 nitrogen and oxygen atoms in total. The summed E-state index contributed by atoms with van der Waals surface area (Å²) in [5, 5.41) is 10.3. The van der Waals surface area contributed by atoms with Crippen molar-refractivity contribution >= 4 is 29.3 Å². The number of halogens is 1. The van der Waals surface area contributed by atoms with Crippen molar-refractivity contribution < 1.29 is 14.7 Å². The fourth-order valence-corrected chi connectivity index (χ4v) is 5.24. The summed E-state index contributed by atoms with van der Waals surface area (Å²) in [6.07, 6.45) is -0.290. The molecule has 0 spiro atoms. The topological polar surface area (TPSA) is 64.1 Å². The molecule has 2 heterocycles. The smallest absolute Gasteiger partial charge is 0.407 e. The van der Waals surface area contributed by atoms with Crippen molar-refractivity contribution in [2.24, 2.45) is 5.92 Å². The molecule has 170 valence electrons. The van der Waals surface area contributed by atoms with Crippen molar-refractivity contribution in [3.63, 3.8) is 0 Å². The first-order valence-corrected chi connectivity index (χ1v) is 11.6. The lowest BCUT2D eigenvalue weighted by atomic mass is 9.78. The average Bonchev–Trinajstić information content (AvgIpc) is 2.80. The van der Waals surface area contributed by atoms with Gasteiger partial charge in [-0.3, -0.25) is 4.79 Å². The van der Waals surface area contributed by atoms with E-state index in [4.69, 9.17) is 11.6 Å². The Morgan fingerprint density at radius 1 is 0.938 bits per heavy atom. The molecule has 0 radical (unpaired) electrons. The van der Waals surface area contributed by atoms with Crippen molar-refractivity contribution in [1.29, 1.82) is 0 Å². The number of amides is 2. The number of aryl methyl sites for hydroxylation is 2. The zero-order valence-corrected chi connectivity index (χ0v) is 19.4. The van der Waals surface area contributed by atoms with Crippen LogP contribution in [0.15, 0.2) is 42.5 Å². The van der Waals surface area contributed by atoms with Crippen molar-refractivity contribution in [3.05, 3.63) is 64.2 Å². The van der Waals surface area contributed by atoms with Crippen LogP contribution < -0.4 is 4.90 Å². The van der Waals surface area contributed by atoms with Crippen molar-refractivity contribution in [2.75, 3.05) is 44.2 Å². The molecule has 0 aliphatic carbocycles. The predicted octanol–water partition coefficient (Wildman–Crippen LogP) is 4.39. The molecule has 2 aromatic carbocycles. The molecule has 4 rings (SSSR count). The SMILES string of the molecule is Cc1ccccc1[C@H]1CCN(C(=O)O)C[C@H]1C(=O)N1CCN(c2cc(Cl)ccc2C)CC1. The van der Waals surface area contributed by atoms with Crippen LogP contribution in [0.2, 0.25) is 5.02 Å². The van der Waals surface area contributed by atoms with Crippen molar-refractivity contribution in [3.8, 4) is 0 Å². The Morgan fingerprint density at radius 3 is 2.34 bits per heavy atom. The summed E-state index contributed by atoms with van der Waals surface area (Å²) >= 11 is 6.20. The number of piperazine rings is 1. The molecule has 2 saturated heterocycles. The fraction of sp³-hybridized carbons (Fsp3) is 0.440. The van der Waals surface area contributed by atoms with Gasteiger partial charge in [0.05, 0.1) is 5.92 Å². The second-order valence-corrected chi connectivity index (χ2v) is 9.27. The lowest BCUT2D eigenvalue weighted by molar-refractivity contribution is -0.138. The van der Waals surface area contributed by atoms with E-state index in [1.807, 2.05) is 35.2 Å². The minimum absolute atomic E-state index is 0.0347. The van der Waals surface area contributed by atoms with E-state index >= 15 is 0 Å².